The summed E-state index contributed by atoms with van der Waals surface area (Å²) in [6.07, 6.45) is 0.673. The summed E-state index contributed by atoms with van der Waals surface area (Å²) < 4.78 is 5.28. The van der Waals surface area contributed by atoms with Crippen LogP contribution in [0.2, 0.25) is 0 Å². The molecule has 0 aromatic heterocycles. The summed E-state index contributed by atoms with van der Waals surface area (Å²) in [4.78, 5) is 16.4. The van der Waals surface area contributed by atoms with Crippen LogP contribution in [0.15, 0.2) is 35.5 Å². The van der Waals surface area contributed by atoms with Gasteiger partial charge in [-0.2, -0.15) is 0 Å². The van der Waals surface area contributed by atoms with Gasteiger partial charge in [-0.25, -0.2) is 4.79 Å². The lowest BCUT2D eigenvalue weighted by Crippen LogP contribution is -2.12. The summed E-state index contributed by atoms with van der Waals surface area (Å²) in [6.45, 7) is 2.53. The maximum Gasteiger partial charge on any atom is 0.365 e. The molecule has 0 radical (unpaired) electrons. The van der Waals surface area contributed by atoms with Crippen molar-refractivity contribution >= 4 is 11.7 Å². The molecule has 2 rings (SSSR count). The van der Waals surface area contributed by atoms with Gasteiger partial charge in [0.05, 0.1) is 24.0 Å². The Morgan fingerprint density at radius 3 is 2.81 bits per heavy atom. The van der Waals surface area contributed by atoms with Crippen molar-refractivity contribution in [3.63, 3.8) is 0 Å². The number of hydrogen-bond donors (Lipinski definition) is 0. The van der Waals surface area contributed by atoms with Crippen LogP contribution >= 0.6 is 0 Å². The summed E-state index contributed by atoms with van der Waals surface area (Å²) in [5, 5.41) is 3.82. The van der Waals surface area contributed by atoms with Crippen LogP contribution in [0.1, 0.15) is 23.7 Å². The summed E-state index contributed by atoms with van der Waals surface area (Å²) in [5.74, 6) is -0.438. The lowest BCUT2D eigenvalue weighted by Gasteiger charge is -2.02. The zero-order valence-corrected chi connectivity index (χ0v) is 9.05. The molecule has 0 unspecified atom stereocenters. The highest BCUT2D eigenvalue weighted by Gasteiger charge is 2.19. The van der Waals surface area contributed by atoms with Gasteiger partial charge in [0.25, 0.3) is 0 Å². The third-order valence-electron chi connectivity index (χ3n) is 2.45. The Bertz CT molecular complexity index is 400. The van der Waals surface area contributed by atoms with Crippen LogP contribution in [-0.4, -0.2) is 24.4 Å². The van der Waals surface area contributed by atoms with Crippen molar-refractivity contribution in [1.82, 2.24) is 0 Å². The van der Waals surface area contributed by atoms with Gasteiger partial charge in [-0.15, -0.1) is 0 Å². The number of hydrogen-bond acceptors (Lipinski definition) is 4. The second-order valence-electron chi connectivity index (χ2n) is 3.59. The topological polar surface area (TPSA) is 47.9 Å². The summed E-state index contributed by atoms with van der Waals surface area (Å²) in [7, 11) is 0. The summed E-state index contributed by atoms with van der Waals surface area (Å²) >= 11 is 0. The first-order valence-corrected chi connectivity index (χ1v) is 5.22. The smallest absolute Gasteiger partial charge is 0.365 e. The molecule has 0 amide bonds. The molecular formula is C12H13NO3. The molecule has 1 heterocycles. The van der Waals surface area contributed by atoms with E-state index >= 15 is 0 Å². The Balaban J connectivity index is 1.98. The van der Waals surface area contributed by atoms with Gasteiger partial charge >= 0.3 is 5.97 Å². The Labute approximate surface area is 93.9 Å². The standard InChI is InChI=1S/C12H13NO3/c1-9-11(7-8-15-9)13-16-12(14)10-5-3-2-4-6-10/h2-6,9H,7-8H2,1H3/b13-11-/t9-/m1/s1. The molecule has 0 N–H and O–H groups in total. The van der Waals surface area contributed by atoms with Crippen molar-refractivity contribution in [2.75, 3.05) is 6.61 Å². The fraction of sp³-hybridized carbons (Fsp3) is 0.333. The molecule has 1 aliphatic heterocycles. The van der Waals surface area contributed by atoms with Gasteiger partial charge in [-0.1, -0.05) is 23.4 Å². The molecule has 0 aliphatic carbocycles. The number of carbonyl (C=O) groups excluding carboxylic acids is 1. The first-order valence-electron chi connectivity index (χ1n) is 5.22. The van der Waals surface area contributed by atoms with E-state index in [0.29, 0.717) is 12.2 Å². The van der Waals surface area contributed by atoms with E-state index in [-0.39, 0.29) is 6.10 Å². The van der Waals surface area contributed by atoms with Crippen molar-refractivity contribution in [2.45, 2.75) is 19.4 Å². The molecule has 0 saturated carbocycles. The molecule has 1 aromatic carbocycles. The van der Waals surface area contributed by atoms with Gasteiger partial charge in [0.2, 0.25) is 0 Å². The monoisotopic (exact) mass is 219 g/mol. The lowest BCUT2D eigenvalue weighted by atomic mass is 10.2. The third kappa shape index (κ3) is 2.46. The van der Waals surface area contributed by atoms with Crippen molar-refractivity contribution in [3.8, 4) is 0 Å². The van der Waals surface area contributed by atoms with Crippen molar-refractivity contribution in [2.24, 2.45) is 5.16 Å². The minimum Gasteiger partial charge on any atom is -0.372 e. The molecule has 1 aromatic rings. The molecule has 1 aliphatic rings. The zero-order valence-electron chi connectivity index (χ0n) is 9.05. The van der Waals surface area contributed by atoms with Crippen molar-refractivity contribution < 1.29 is 14.4 Å². The van der Waals surface area contributed by atoms with Gasteiger partial charge in [0, 0.05) is 6.42 Å². The third-order valence-corrected chi connectivity index (χ3v) is 2.45. The molecule has 4 nitrogen and oxygen atoms in total. The quantitative estimate of drug-likeness (QED) is 0.564. The van der Waals surface area contributed by atoms with Crippen molar-refractivity contribution in [1.29, 1.82) is 0 Å². The maximum atomic E-state index is 11.5. The van der Waals surface area contributed by atoms with Crippen LogP contribution in [0, 0.1) is 0 Å². The highest BCUT2D eigenvalue weighted by Crippen LogP contribution is 2.10. The summed E-state index contributed by atoms with van der Waals surface area (Å²) in [5.41, 5.74) is 1.28. The van der Waals surface area contributed by atoms with Gasteiger partial charge in [0.1, 0.15) is 0 Å². The maximum absolute atomic E-state index is 11.5. The summed E-state index contributed by atoms with van der Waals surface area (Å²) in [6, 6.07) is 8.79. The zero-order chi connectivity index (χ0) is 11.4. The Hall–Kier alpha value is -1.68. The van der Waals surface area contributed by atoms with E-state index in [9.17, 15) is 4.79 Å². The van der Waals surface area contributed by atoms with Crippen LogP contribution < -0.4 is 0 Å². The van der Waals surface area contributed by atoms with E-state index in [2.05, 4.69) is 5.16 Å². The molecule has 16 heavy (non-hydrogen) atoms. The molecule has 1 fully saturated rings. The Kier molecular flexibility index (Phi) is 3.31. The largest absolute Gasteiger partial charge is 0.372 e. The van der Waals surface area contributed by atoms with Crippen molar-refractivity contribution in [3.05, 3.63) is 35.9 Å². The van der Waals surface area contributed by atoms with Crippen LogP contribution in [0.3, 0.4) is 0 Å². The Morgan fingerprint density at radius 2 is 2.19 bits per heavy atom. The number of nitrogens with zero attached hydrogens (tertiary/aromatic N) is 1. The molecule has 84 valence electrons. The van der Waals surface area contributed by atoms with Gasteiger partial charge in [-0.3, -0.25) is 0 Å². The predicted molar refractivity (Wildman–Crippen MR) is 59.3 cm³/mol. The van der Waals surface area contributed by atoms with Crippen LogP contribution in [-0.2, 0) is 9.57 Å². The average Bonchev–Trinajstić information content (AvgIpc) is 2.73. The molecule has 1 atom stereocenters. The fourth-order valence-electron chi connectivity index (χ4n) is 1.49. The average molecular weight is 219 g/mol. The van der Waals surface area contributed by atoms with Crippen LogP contribution in [0.25, 0.3) is 0 Å². The first-order chi connectivity index (χ1) is 7.77. The van der Waals surface area contributed by atoms with E-state index in [1.54, 1.807) is 24.3 Å². The predicted octanol–water partition coefficient (Wildman–Crippen LogP) is 2.01. The van der Waals surface area contributed by atoms with Gasteiger partial charge < -0.3 is 9.57 Å². The van der Waals surface area contributed by atoms with Crippen LogP contribution in [0.5, 0.6) is 0 Å². The molecular weight excluding hydrogens is 206 g/mol. The Morgan fingerprint density at radius 1 is 1.44 bits per heavy atom. The minimum atomic E-state index is -0.438. The first kappa shape index (κ1) is 10.8. The fourth-order valence-corrected chi connectivity index (χ4v) is 1.49. The molecule has 4 heteroatoms. The van der Waals surface area contributed by atoms with Crippen LogP contribution in [0.4, 0.5) is 0 Å². The van der Waals surface area contributed by atoms with E-state index in [0.717, 1.165) is 12.1 Å². The number of oxime groups is 1. The SMILES string of the molecule is C[C@H]1OCC/C1=N/OC(=O)c1ccccc1. The lowest BCUT2D eigenvalue weighted by molar-refractivity contribution is 0.0511. The van der Waals surface area contributed by atoms with E-state index in [1.165, 1.54) is 0 Å². The molecule has 1 saturated heterocycles. The minimum absolute atomic E-state index is 0.0522. The molecule has 0 spiro atoms. The molecule has 0 bridgehead atoms. The number of carbonyl (C=O) groups is 1. The highest BCUT2D eigenvalue weighted by atomic mass is 16.7. The van der Waals surface area contributed by atoms with Gasteiger partial charge in [0.15, 0.2) is 0 Å². The van der Waals surface area contributed by atoms with E-state index < -0.39 is 5.97 Å². The second-order valence-corrected chi connectivity index (χ2v) is 3.59. The highest BCUT2D eigenvalue weighted by molar-refractivity contribution is 5.92. The number of rotatable bonds is 2. The number of ether oxygens (including phenoxy) is 1. The van der Waals surface area contributed by atoms with E-state index in [4.69, 9.17) is 9.57 Å². The number of benzene rings is 1. The normalized spacial score (nSPS) is 22.3. The van der Waals surface area contributed by atoms with E-state index in [1.807, 2.05) is 13.0 Å². The van der Waals surface area contributed by atoms with Gasteiger partial charge in [-0.05, 0) is 19.1 Å². The second kappa shape index (κ2) is 4.90.